The highest BCUT2D eigenvalue weighted by Crippen LogP contribution is 2.29. The third-order valence-electron chi connectivity index (χ3n) is 6.68. The molecule has 10 nitrogen and oxygen atoms in total. The molecule has 0 saturated heterocycles. The molecule has 0 spiro atoms. The van der Waals surface area contributed by atoms with Gasteiger partial charge in [-0.3, -0.25) is 19.3 Å². The van der Waals surface area contributed by atoms with Crippen LogP contribution in [-0.2, 0) is 25.6 Å². The van der Waals surface area contributed by atoms with E-state index in [0.29, 0.717) is 22.5 Å². The van der Waals surface area contributed by atoms with Gasteiger partial charge in [-0.1, -0.05) is 78.9 Å². The van der Waals surface area contributed by atoms with Crippen molar-refractivity contribution in [3.05, 3.63) is 102 Å². The lowest BCUT2D eigenvalue weighted by Crippen LogP contribution is -2.55. The van der Waals surface area contributed by atoms with Crippen LogP contribution in [0.5, 0.6) is 0 Å². The van der Waals surface area contributed by atoms with Crippen LogP contribution in [0.4, 0.5) is 5.69 Å². The number of aliphatic carboxylic acids is 1. The first kappa shape index (κ1) is 29.5. The van der Waals surface area contributed by atoms with Gasteiger partial charge >= 0.3 is 5.97 Å². The monoisotopic (exact) mass is 573 g/mol. The van der Waals surface area contributed by atoms with Crippen molar-refractivity contribution < 1.29 is 24.3 Å². The Kier molecular flexibility index (Phi) is 9.53. The molecule has 2 unspecified atom stereocenters. The highest BCUT2D eigenvalue weighted by Gasteiger charge is 2.38. The maximum Gasteiger partial charge on any atom is 0.326 e. The Morgan fingerprint density at radius 2 is 1.63 bits per heavy atom. The average Bonchev–Trinajstić information content (AvgIpc) is 3.11. The molecule has 0 aliphatic carbocycles. The zero-order chi connectivity index (χ0) is 29.5. The molecule has 0 radical (unpaired) electrons. The Labute approximate surface area is 243 Å². The van der Waals surface area contributed by atoms with Crippen molar-refractivity contribution in [2.45, 2.75) is 24.7 Å². The van der Waals surface area contributed by atoms with E-state index in [-0.39, 0.29) is 12.2 Å². The number of thiol groups is 1. The molecule has 4 N–H and O–H groups in total. The van der Waals surface area contributed by atoms with Crippen LogP contribution in [-0.4, -0.2) is 77.0 Å². The van der Waals surface area contributed by atoms with E-state index in [4.69, 9.17) is 10.7 Å². The molecule has 0 bridgehead atoms. The molecule has 0 saturated carbocycles. The van der Waals surface area contributed by atoms with Crippen molar-refractivity contribution in [1.82, 2.24) is 10.2 Å². The summed E-state index contributed by atoms with van der Waals surface area (Å²) >= 11 is 4.11. The van der Waals surface area contributed by atoms with E-state index in [1.165, 1.54) is 11.9 Å². The largest absolute Gasteiger partial charge is 0.480 e. The number of aliphatic imine (C=N–C) groups is 1. The standard InChI is InChI=1S/C30H31N5O5S/c1-34(28(37)22(31)18-41)27-29(38)35(17-25(36)32-23(30(39)40)16-19-10-4-2-5-11-19)24-15-9-8-14-21(24)26(33-27)20-12-6-3-7-13-20/h2-15,22-23,27,41H,16-18,31H2,1H3,(H,32,36)(H,39,40)/t22?,23-,27?/m0/s1. The van der Waals surface area contributed by atoms with Crippen LogP contribution in [0.2, 0.25) is 0 Å². The minimum atomic E-state index is -1.34. The van der Waals surface area contributed by atoms with Gasteiger partial charge in [-0.2, -0.15) is 12.6 Å². The minimum absolute atomic E-state index is 0.0592. The van der Waals surface area contributed by atoms with E-state index in [1.807, 2.05) is 36.4 Å². The van der Waals surface area contributed by atoms with Crippen LogP contribution in [0.3, 0.4) is 0 Å². The molecule has 41 heavy (non-hydrogen) atoms. The van der Waals surface area contributed by atoms with Crippen molar-refractivity contribution in [3.63, 3.8) is 0 Å². The van der Waals surface area contributed by atoms with Crippen LogP contribution in [0, 0.1) is 0 Å². The molecule has 1 aliphatic rings. The lowest BCUT2D eigenvalue weighted by atomic mass is 10.0. The Balaban J connectivity index is 1.72. The number of carboxylic acids is 1. The predicted molar refractivity (Wildman–Crippen MR) is 159 cm³/mol. The van der Waals surface area contributed by atoms with Crippen LogP contribution >= 0.6 is 12.6 Å². The minimum Gasteiger partial charge on any atom is -0.480 e. The third kappa shape index (κ3) is 6.82. The van der Waals surface area contributed by atoms with E-state index < -0.39 is 48.5 Å². The second-order valence-corrected chi connectivity index (χ2v) is 9.91. The summed E-state index contributed by atoms with van der Waals surface area (Å²) in [6.45, 7) is -0.497. The Morgan fingerprint density at radius 3 is 2.27 bits per heavy atom. The molecular weight excluding hydrogens is 542 g/mol. The van der Waals surface area contributed by atoms with E-state index in [9.17, 15) is 24.3 Å². The SMILES string of the molecule is CN(C(=O)C(N)CS)C1N=C(c2ccccc2)c2ccccc2N(CC(=O)N[C@@H](Cc2ccccc2)C(=O)O)C1=O. The van der Waals surface area contributed by atoms with Crippen molar-refractivity contribution in [2.75, 3.05) is 24.2 Å². The molecule has 1 aliphatic heterocycles. The fourth-order valence-electron chi connectivity index (χ4n) is 4.55. The molecule has 3 amide bonds. The van der Waals surface area contributed by atoms with Gasteiger partial charge in [-0.15, -0.1) is 0 Å². The number of nitrogens with one attached hydrogen (secondary N) is 1. The summed E-state index contributed by atoms with van der Waals surface area (Å²) in [5.74, 6) is -3.01. The Bertz CT molecular complexity index is 1450. The second kappa shape index (κ2) is 13.2. The van der Waals surface area contributed by atoms with Gasteiger partial charge in [0.1, 0.15) is 12.6 Å². The Morgan fingerprint density at radius 1 is 1.02 bits per heavy atom. The number of nitrogens with two attached hydrogens (primary N) is 1. The van der Waals surface area contributed by atoms with Gasteiger partial charge in [-0.05, 0) is 11.6 Å². The van der Waals surface area contributed by atoms with Crippen molar-refractivity contribution in [2.24, 2.45) is 10.7 Å². The molecule has 0 aromatic heterocycles. The molecule has 3 atom stereocenters. The first-order valence-electron chi connectivity index (χ1n) is 12.9. The number of carbonyl (C=O) groups excluding carboxylic acids is 3. The summed E-state index contributed by atoms with van der Waals surface area (Å²) in [5, 5.41) is 12.3. The molecule has 1 heterocycles. The number of para-hydroxylation sites is 1. The molecule has 3 aromatic rings. The summed E-state index contributed by atoms with van der Waals surface area (Å²) in [6.07, 6.45) is -1.28. The van der Waals surface area contributed by atoms with Gasteiger partial charge < -0.3 is 21.1 Å². The quantitative estimate of drug-likeness (QED) is 0.272. The van der Waals surface area contributed by atoms with Gasteiger partial charge in [-0.25, -0.2) is 9.79 Å². The van der Waals surface area contributed by atoms with Crippen molar-refractivity contribution in [3.8, 4) is 0 Å². The molecule has 212 valence electrons. The maximum atomic E-state index is 14.1. The van der Waals surface area contributed by atoms with E-state index in [0.717, 1.165) is 10.5 Å². The number of nitrogens with zero attached hydrogens (tertiary/aromatic N) is 3. The zero-order valence-corrected chi connectivity index (χ0v) is 23.3. The number of carbonyl (C=O) groups is 4. The van der Waals surface area contributed by atoms with Crippen molar-refractivity contribution in [1.29, 1.82) is 0 Å². The Hall–Kier alpha value is -4.48. The van der Waals surface area contributed by atoms with Crippen LogP contribution in [0.25, 0.3) is 0 Å². The normalized spacial score (nSPS) is 16.1. The summed E-state index contributed by atoms with van der Waals surface area (Å²) in [5.41, 5.74) is 8.80. The number of benzodiazepines with no additional fused rings is 1. The number of hydrogen-bond acceptors (Lipinski definition) is 7. The molecule has 11 heteroatoms. The number of fused-ring (bicyclic) bond motifs is 1. The molecule has 0 fully saturated rings. The van der Waals surface area contributed by atoms with Crippen LogP contribution in [0.1, 0.15) is 16.7 Å². The predicted octanol–water partition coefficient (Wildman–Crippen LogP) is 1.72. The lowest BCUT2D eigenvalue weighted by Gasteiger charge is -2.30. The number of rotatable bonds is 10. The smallest absolute Gasteiger partial charge is 0.326 e. The molecule has 4 rings (SSSR count). The van der Waals surface area contributed by atoms with Gasteiger partial charge in [0, 0.05) is 30.3 Å². The van der Waals surface area contributed by atoms with Gasteiger partial charge in [0.15, 0.2) is 0 Å². The van der Waals surface area contributed by atoms with E-state index in [2.05, 4.69) is 17.9 Å². The number of anilines is 1. The summed E-state index contributed by atoms with van der Waals surface area (Å²) in [7, 11) is 1.43. The number of hydrogen-bond donors (Lipinski definition) is 4. The summed E-state index contributed by atoms with van der Waals surface area (Å²) < 4.78 is 0. The number of carboxylic acid groups (broad SMARTS) is 1. The highest BCUT2D eigenvalue weighted by atomic mass is 32.1. The number of benzene rings is 3. The maximum absolute atomic E-state index is 14.1. The van der Waals surface area contributed by atoms with Gasteiger partial charge in [0.25, 0.3) is 5.91 Å². The fraction of sp³-hybridized carbons (Fsp3) is 0.233. The topological polar surface area (TPSA) is 145 Å². The van der Waals surface area contributed by atoms with E-state index in [1.54, 1.807) is 48.5 Å². The fourth-order valence-corrected chi connectivity index (χ4v) is 4.71. The van der Waals surface area contributed by atoms with Crippen LogP contribution in [0.15, 0.2) is 89.9 Å². The zero-order valence-electron chi connectivity index (χ0n) is 22.4. The second-order valence-electron chi connectivity index (χ2n) is 9.55. The van der Waals surface area contributed by atoms with Crippen molar-refractivity contribution >= 4 is 47.7 Å². The van der Waals surface area contributed by atoms with Crippen LogP contribution < -0.4 is 16.0 Å². The van der Waals surface area contributed by atoms with E-state index >= 15 is 0 Å². The lowest BCUT2D eigenvalue weighted by molar-refractivity contribution is -0.141. The molecular formula is C30H31N5O5S. The first-order valence-corrected chi connectivity index (χ1v) is 13.6. The third-order valence-corrected chi connectivity index (χ3v) is 7.07. The van der Waals surface area contributed by atoms with Gasteiger partial charge in [0.2, 0.25) is 18.0 Å². The number of amides is 3. The van der Waals surface area contributed by atoms with Gasteiger partial charge in [0.05, 0.1) is 17.4 Å². The average molecular weight is 574 g/mol. The molecule has 3 aromatic carbocycles. The summed E-state index contributed by atoms with van der Waals surface area (Å²) in [6, 6.07) is 22.9. The summed E-state index contributed by atoms with van der Waals surface area (Å²) in [4.78, 5) is 59.5. The first-order chi connectivity index (χ1) is 19.7. The number of likely N-dealkylation sites (N-methyl/N-ethyl adjacent to an activating group) is 1. The highest BCUT2D eigenvalue weighted by molar-refractivity contribution is 7.80.